The van der Waals surface area contributed by atoms with Crippen LogP contribution in [0.25, 0.3) is 5.57 Å². The van der Waals surface area contributed by atoms with E-state index in [1.54, 1.807) is 12.1 Å². The summed E-state index contributed by atoms with van der Waals surface area (Å²) in [6.45, 7) is 1.92. The number of allylic oxidation sites excluding steroid dienone is 2. The van der Waals surface area contributed by atoms with Crippen LogP contribution >= 0.6 is 11.6 Å². The molecule has 0 saturated heterocycles. The van der Waals surface area contributed by atoms with E-state index in [0.717, 1.165) is 30.4 Å². The molecule has 0 nitrogen and oxygen atoms in total. The highest BCUT2D eigenvalue weighted by molar-refractivity contribution is 6.20. The molecule has 0 N–H and O–H groups in total. The van der Waals surface area contributed by atoms with E-state index >= 15 is 0 Å². The van der Waals surface area contributed by atoms with Gasteiger partial charge < -0.3 is 0 Å². The minimum absolute atomic E-state index is 0.154. The van der Waals surface area contributed by atoms with E-state index in [1.165, 1.54) is 11.1 Å². The van der Waals surface area contributed by atoms with Gasteiger partial charge in [-0.15, -0.1) is 11.6 Å². The summed E-state index contributed by atoms with van der Waals surface area (Å²) < 4.78 is 13.3. The van der Waals surface area contributed by atoms with Crippen LogP contribution in [0.15, 0.2) is 23.8 Å². The highest BCUT2D eigenvalue weighted by atomic mass is 35.5. The van der Waals surface area contributed by atoms with Crippen molar-refractivity contribution in [2.45, 2.75) is 26.2 Å². The molecule has 80 valence electrons. The Balaban J connectivity index is 2.44. The number of hydrogen-bond donors (Lipinski definition) is 0. The molecule has 0 aliphatic heterocycles. The van der Waals surface area contributed by atoms with E-state index in [2.05, 4.69) is 0 Å². The van der Waals surface area contributed by atoms with E-state index in [1.807, 2.05) is 13.0 Å². The predicted molar refractivity (Wildman–Crippen MR) is 62.6 cm³/mol. The van der Waals surface area contributed by atoms with Crippen LogP contribution in [0.1, 0.15) is 30.4 Å². The van der Waals surface area contributed by atoms with Gasteiger partial charge in [-0.2, -0.15) is 0 Å². The first-order valence-electron chi connectivity index (χ1n) is 5.25. The number of aryl methyl sites for hydroxylation is 1. The Kier molecular flexibility index (Phi) is 3.11. The van der Waals surface area contributed by atoms with Crippen LogP contribution in [0.2, 0.25) is 0 Å². The SMILES string of the molecule is Cc1cc(F)cc(C2=C(CCl)CCC2)c1. The van der Waals surface area contributed by atoms with Gasteiger partial charge in [0.1, 0.15) is 5.82 Å². The van der Waals surface area contributed by atoms with Crippen molar-refractivity contribution in [2.24, 2.45) is 0 Å². The van der Waals surface area contributed by atoms with Crippen LogP contribution in [0.5, 0.6) is 0 Å². The van der Waals surface area contributed by atoms with Gasteiger partial charge in [-0.3, -0.25) is 0 Å². The maximum Gasteiger partial charge on any atom is 0.124 e. The number of hydrogen-bond acceptors (Lipinski definition) is 0. The molecule has 0 amide bonds. The quantitative estimate of drug-likeness (QED) is 0.657. The second kappa shape index (κ2) is 4.36. The summed E-state index contributed by atoms with van der Waals surface area (Å²) in [4.78, 5) is 0. The molecule has 1 aliphatic rings. The van der Waals surface area contributed by atoms with Gasteiger partial charge in [0.2, 0.25) is 0 Å². The van der Waals surface area contributed by atoms with Crippen LogP contribution in [-0.2, 0) is 0 Å². The molecule has 0 aromatic heterocycles. The molecule has 0 atom stereocenters. The molecule has 0 spiro atoms. The topological polar surface area (TPSA) is 0 Å². The fourth-order valence-electron chi connectivity index (χ4n) is 2.21. The molecule has 1 aromatic carbocycles. The molecule has 1 aromatic rings. The zero-order valence-corrected chi connectivity index (χ0v) is 9.57. The Morgan fingerprint density at radius 1 is 1.27 bits per heavy atom. The zero-order chi connectivity index (χ0) is 10.8. The maximum absolute atomic E-state index is 13.3. The average molecular weight is 225 g/mol. The molecule has 1 aliphatic carbocycles. The van der Waals surface area contributed by atoms with Gasteiger partial charge in [-0.05, 0) is 55.0 Å². The highest BCUT2D eigenvalue weighted by Gasteiger charge is 2.15. The lowest BCUT2D eigenvalue weighted by Crippen LogP contribution is -1.89. The molecular weight excluding hydrogens is 211 g/mol. The lowest BCUT2D eigenvalue weighted by Gasteiger charge is -2.07. The van der Waals surface area contributed by atoms with Crippen molar-refractivity contribution >= 4 is 17.2 Å². The van der Waals surface area contributed by atoms with Crippen molar-refractivity contribution < 1.29 is 4.39 Å². The molecule has 0 radical (unpaired) electrons. The molecule has 0 bridgehead atoms. The Morgan fingerprint density at radius 2 is 2.07 bits per heavy atom. The summed E-state index contributed by atoms with van der Waals surface area (Å²) in [5.74, 6) is 0.420. The van der Waals surface area contributed by atoms with Crippen molar-refractivity contribution in [3.05, 3.63) is 40.7 Å². The number of halogens is 2. The predicted octanol–water partition coefficient (Wildman–Crippen LogP) is 4.31. The van der Waals surface area contributed by atoms with Crippen molar-refractivity contribution in [2.75, 3.05) is 5.88 Å². The van der Waals surface area contributed by atoms with Crippen LogP contribution in [0, 0.1) is 12.7 Å². The first kappa shape index (κ1) is 10.7. The molecule has 2 heteroatoms. The van der Waals surface area contributed by atoms with E-state index in [9.17, 15) is 4.39 Å². The third-order valence-electron chi connectivity index (χ3n) is 2.88. The largest absolute Gasteiger partial charge is 0.207 e. The van der Waals surface area contributed by atoms with Crippen LogP contribution in [0.4, 0.5) is 4.39 Å². The second-order valence-electron chi connectivity index (χ2n) is 4.09. The molecule has 0 saturated carbocycles. The summed E-state index contributed by atoms with van der Waals surface area (Å²) in [7, 11) is 0. The average Bonchev–Trinajstić information content (AvgIpc) is 2.63. The molecule has 15 heavy (non-hydrogen) atoms. The summed E-state index contributed by atoms with van der Waals surface area (Å²) >= 11 is 5.88. The minimum Gasteiger partial charge on any atom is -0.207 e. The first-order valence-corrected chi connectivity index (χ1v) is 5.78. The Labute approximate surface area is 94.8 Å². The first-order chi connectivity index (χ1) is 7.20. The van der Waals surface area contributed by atoms with Gasteiger partial charge in [0.15, 0.2) is 0 Å². The zero-order valence-electron chi connectivity index (χ0n) is 8.82. The second-order valence-corrected chi connectivity index (χ2v) is 4.35. The lowest BCUT2D eigenvalue weighted by molar-refractivity contribution is 0.626. The number of benzene rings is 1. The number of rotatable bonds is 2. The van der Waals surface area contributed by atoms with Crippen molar-refractivity contribution in [1.82, 2.24) is 0 Å². The summed E-state index contributed by atoms with van der Waals surface area (Å²) in [5.41, 5.74) is 4.52. The molecule has 0 heterocycles. The van der Waals surface area contributed by atoms with Crippen molar-refractivity contribution in [3.63, 3.8) is 0 Å². The monoisotopic (exact) mass is 224 g/mol. The third-order valence-corrected chi connectivity index (χ3v) is 3.21. The fourth-order valence-corrected chi connectivity index (χ4v) is 2.51. The van der Waals surface area contributed by atoms with Gasteiger partial charge in [-0.1, -0.05) is 11.6 Å². The van der Waals surface area contributed by atoms with Crippen molar-refractivity contribution in [3.8, 4) is 0 Å². The lowest BCUT2D eigenvalue weighted by atomic mass is 10.0. The molecule has 2 rings (SSSR count). The van der Waals surface area contributed by atoms with Crippen LogP contribution in [0.3, 0.4) is 0 Å². The molecule has 0 unspecified atom stereocenters. The van der Waals surface area contributed by atoms with Gasteiger partial charge in [-0.25, -0.2) is 4.39 Å². The van der Waals surface area contributed by atoms with E-state index in [-0.39, 0.29) is 5.82 Å². The Morgan fingerprint density at radius 3 is 2.73 bits per heavy atom. The smallest absolute Gasteiger partial charge is 0.124 e. The molecule has 0 fully saturated rings. The summed E-state index contributed by atoms with van der Waals surface area (Å²) in [6.07, 6.45) is 3.24. The van der Waals surface area contributed by atoms with Gasteiger partial charge in [0.25, 0.3) is 0 Å². The standard InChI is InChI=1S/C13H14ClF/c1-9-5-11(7-12(15)6-9)13-4-2-3-10(13)8-14/h5-7H,2-4,8H2,1H3. The summed E-state index contributed by atoms with van der Waals surface area (Å²) in [6, 6.07) is 5.20. The van der Waals surface area contributed by atoms with Gasteiger partial charge in [0, 0.05) is 5.88 Å². The Hall–Kier alpha value is -0.820. The minimum atomic E-state index is -0.154. The molecular formula is C13H14ClF. The maximum atomic E-state index is 13.3. The van der Waals surface area contributed by atoms with Crippen LogP contribution < -0.4 is 0 Å². The van der Waals surface area contributed by atoms with Crippen molar-refractivity contribution in [1.29, 1.82) is 0 Å². The number of alkyl halides is 1. The normalized spacial score (nSPS) is 16.2. The van der Waals surface area contributed by atoms with E-state index in [0.29, 0.717) is 5.88 Å². The van der Waals surface area contributed by atoms with E-state index < -0.39 is 0 Å². The third kappa shape index (κ3) is 2.23. The van der Waals surface area contributed by atoms with E-state index in [4.69, 9.17) is 11.6 Å². The fraction of sp³-hybridized carbons (Fsp3) is 0.385. The Bertz CT molecular complexity index is 387. The van der Waals surface area contributed by atoms with Crippen LogP contribution in [-0.4, -0.2) is 5.88 Å². The summed E-state index contributed by atoms with van der Waals surface area (Å²) in [5, 5.41) is 0. The highest BCUT2D eigenvalue weighted by Crippen LogP contribution is 2.34. The van der Waals surface area contributed by atoms with Gasteiger partial charge >= 0.3 is 0 Å². The van der Waals surface area contributed by atoms with Gasteiger partial charge in [0.05, 0.1) is 0 Å².